The molecule has 0 fully saturated rings. The van der Waals surface area contributed by atoms with Crippen molar-refractivity contribution < 1.29 is 4.74 Å². The van der Waals surface area contributed by atoms with Crippen LogP contribution in [0.4, 0.5) is 11.5 Å². The number of methoxy groups -OCH3 is 1. The predicted octanol–water partition coefficient (Wildman–Crippen LogP) is 2.95. The van der Waals surface area contributed by atoms with Crippen molar-refractivity contribution in [3.8, 4) is 5.75 Å². The first kappa shape index (κ1) is 12.7. The van der Waals surface area contributed by atoms with Gasteiger partial charge in [-0.25, -0.2) is 4.98 Å². The average Bonchev–Trinajstić information content (AvgIpc) is 2.39. The molecule has 18 heavy (non-hydrogen) atoms. The number of benzene rings is 1. The molecule has 4 nitrogen and oxygen atoms in total. The van der Waals surface area contributed by atoms with E-state index in [1.54, 1.807) is 25.4 Å². The van der Waals surface area contributed by atoms with Gasteiger partial charge in [0.15, 0.2) is 0 Å². The molecule has 0 saturated carbocycles. The van der Waals surface area contributed by atoms with Gasteiger partial charge >= 0.3 is 0 Å². The van der Waals surface area contributed by atoms with E-state index in [1.165, 1.54) is 0 Å². The first-order chi connectivity index (χ1) is 8.74. The molecular weight excluding hydrogens is 250 g/mol. The third-order valence-corrected chi connectivity index (χ3v) is 2.82. The van der Waals surface area contributed by atoms with Crippen LogP contribution in [0.25, 0.3) is 0 Å². The molecule has 3 N–H and O–H groups in total. The predicted molar refractivity (Wildman–Crippen MR) is 73.4 cm³/mol. The van der Waals surface area contributed by atoms with Crippen LogP contribution in [0, 0.1) is 0 Å². The number of pyridine rings is 1. The van der Waals surface area contributed by atoms with E-state index in [0.29, 0.717) is 17.3 Å². The number of hydrogen-bond donors (Lipinski definition) is 2. The number of aromatic nitrogens is 1. The molecule has 94 valence electrons. The van der Waals surface area contributed by atoms with E-state index in [0.717, 1.165) is 17.1 Å². The molecule has 0 bridgehead atoms. The molecule has 0 saturated heterocycles. The summed E-state index contributed by atoms with van der Waals surface area (Å²) in [4.78, 5) is 4.25. The Kier molecular flexibility index (Phi) is 4.02. The van der Waals surface area contributed by atoms with E-state index in [9.17, 15) is 0 Å². The van der Waals surface area contributed by atoms with Crippen molar-refractivity contribution in [2.45, 2.75) is 6.54 Å². The van der Waals surface area contributed by atoms with Gasteiger partial charge in [-0.2, -0.15) is 0 Å². The lowest BCUT2D eigenvalue weighted by Crippen LogP contribution is -2.03. The zero-order chi connectivity index (χ0) is 13.0. The van der Waals surface area contributed by atoms with Crippen LogP contribution in [-0.2, 0) is 6.54 Å². The Morgan fingerprint density at radius 3 is 2.89 bits per heavy atom. The molecular formula is C13H14ClN3O. The van der Waals surface area contributed by atoms with Gasteiger partial charge in [-0.3, -0.25) is 0 Å². The minimum atomic E-state index is 0.431. The highest BCUT2D eigenvalue weighted by molar-refractivity contribution is 6.32. The van der Waals surface area contributed by atoms with E-state index in [4.69, 9.17) is 22.1 Å². The second-order valence-corrected chi connectivity index (χ2v) is 4.10. The van der Waals surface area contributed by atoms with Crippen LogP contribution in [0.15, 0.2) is 36.5 Å². The first-order valence-electron chi connectivity index (χ1n) is 5.49. The molecule has 0 unspecified atom stereocenters. The quantitative estimate of drug-likeness (QED) is 0.890. The fraction of sp³-hybridized carbons (Fsp3) is 0.154. The fourth-order valence-corrected chi connectivity index (χ4v) is 1.85. The van der Waals surface area contributed by atoms with E-state index < -0.39 is 0 Å². The third-order valence-electron chi connectivity index (χ3n) is 2.53. The highest BCUT2D eigenvalue weighted by Crippen LogP contribution is 2.28. The SMILES string of the molecule is COc1ccc(Nc2ncccc2CN)cc1Cl. The van der Waals surface area contributed by atoms with Crippen molar-refractivity contribution >= 4 is 23.1 Å². The van der Waals surface area contributed by atoms with Crippen molar-refractivity contribution in [1.82, 2.24) is 4.98 Å². The fourth-order valence-electron chi connectivity index (χ4n) is 1.60. The molecule has 2 aromatic rings. The van der Waals surface area contributed by atoms with Gasteiger partial charge in [0.25, 0.3) is 0 Å². The van der Waals surface area contributed by atoms with E-state index in [-0.39, 0.29) is 0 Å². The summed E-state index contributed by atoms with van der Waals surface area (Å²) in [6.07, 6.45) is 1.71. The summed E-state index contributed by atoms with van der Waals surface area (Å²) in [6.45, 7) is 0.431. The zero-order valence-electron chi connectivity index (χ0n) is 9.98. The Labute approximate surface area is 111 Å². The molecule has 2 rings (SSSR count). The lowest BCUT2D eigenvalue weighted by Gasteiger charge is -2.11. The van der Waals surface area contributed by atoms with E-state index >= 15 is 0 Å². The lowest BCUT2D eigenvalue weighted by molar-refractivity contribution is 0.415. The van der Waals surface area contributed by atoms with Crippen molar-refractivity contribution in [3.05, 3.63) is 47.1 Å². The lowest BCUT2D eigenvalue weighted by atomic mass is 10.2. The van der Waals surface area contributed by atoms with Crippen LogP contribution >= 0.6 is 11.6 Å². The number of ether oxygens (including phenoxy) is 1. The number of anilines is 2. The maximum absolute atomic E-state index is 6.06. The second-order valence-electron chi connectivity index (χ2n) is 3.69. The van der Waals surface area contributed by atoms with Gasteiger partial charge in [0.1, 0.15) is 11.6 Å². The zero-order valence-corrected chi connectivity index (χ0v) is 10.7. The molecule has 0 spiro atoms. The standard InChI is InChI=1S/C13H14ClN3O/c1-18-12-5-4-10(7-11(12)14)17-13-9(8-15)3-2-6-16-13/h2-7H,8,15H2,1H3,(H,16,17). The Hall–Kier alpha value is -1.78. The van der Waals surface area contributed by atoms with E-state index in [2.05, 4.69) is 10.3 Å². The number of nitrogens with zero attached hydrogens (tertiary/aromatic N) is 1. The topological polar surface area (TPSA) is 60.2 Å². The van der Waals surface area contributed by atoms with Crippen LogP contribution < -0.4 is 15.8 Å². The van der Waals surface area contributed by atoms with Crippen molar-refractivity contribution in [2.75, 3.05) is 12.4 Å². The monoisotopic (exact) mass is 263 g/mol. The molecule has 0 aliphatic rings. The van der Waals surface area contributed by atoms with Crippen molar-refractivity contribution in [2.24, 2.45) is 5.73 Å². The number of nitrogens with two attached hydrogens (primary N) is 1. The maximum Gasteiger partial charge on any atom is 0.137 e. The van der Waals surface area contributed by atoms with Crippen LogP contribution in [0.3, 0.4) is 0 Å². The molecule has 0 amide bonds. The Bertz CT molecular complexity index is 546. The Morgan fingerprint density at radius 2 is 2.22 bits per heavy atom. The molecule has 0 atom stereocenters. The molecule has 0 radical (unpaired) electrons. The third kappa shape index (κ3) is 2.72. The second kappa shape index (κ2) is 5.71. The number of halogens is 1. The highest BCUT2D eigenvalue weighted by atomic mass is 35.5. The highest BCUT2D eigenvalue weighted by Gasteiger charge is 2.05. The summed E-state index contributed by atoms with van der Waals surface area (Å²) >= 11 is 6.06. The maximum atomic E-state index is 6.06. The summed E-state index contributed by atoms with van der Waals surface area (Å²) in [7, 11) is 1.58. The summed E-state index contributed by atoms with van der Waals surface area (Å²) in [5.74, 6) is 1.38. The molecule has 1 heterocycles. The van der Waals surface area contributed by atoms with Crippen molar-refractivity contribution in [1.29, 1.82) is 0 Å². The van der Waals surface area contributed by atoms with E-state index in [1.807, 2.05) is 18.2 Å². The van der Waals surface area contributed by atoms with Crippen LogP contribution in [0.5, 0.6) is 5.75 Å². The van der Waals surface area contributed by atoms with Crippen LogP contribution in [-0.4, -0.2) is 12.1 Å². The first-order valence-corrected chi connectivity index (χ1v) is 5.87. The summed E-state index contributed by atoms with van der Waals surface area (Å²) < 4.78 is 5.10. The minimum Gasteiger partial charge on any atom is -0.495 e. The van der Waals surface area contributed by atoms with Gasteiger partial charge in [0.05, 0.1) is 12.1 Å². The van der Waals surface area contributed by atoms with Gasteiger partial charge in [-0.15, -0.1) is 0 Å². The molecule has 1 aromatic heterocycles. The minimum absolute atomic E-state index is 0.431. The summed E-state index contributed by atoms with van der Waals surface area (Å²) in [6, 6.07) is 9.25. The van der Waals surface area contributed by atoms with Crippen LogP contribution in [0.1, 0.15) is 5.56 Å². The average molecular weight is 264 g/mol. The van der Waals surface area contributed by atoms with Gasteiger partial charge < -0.3 is 15.8 Å². The number of rotatable bonds is 4. The summed E-state index contributed by atoms with van der Waals surface area (Å²) in [5.41, 5.74) is 7.44. The Balaban J connectivity index is 2.26. The van der Waals surface area contributed by atoms with Crippen LogP contribution in [0.2, 0.25) is 5.02 Å². The smallest absolute Gasteiger partial charge is 0.137 e. The molecule has 5 heteroatoms. The molecule has 0 aliphatic heterocycles. The Morgan fingerprint density at radius 1 is 1.39 bits per heavy atom. The van der Waals surface area contributed by atoms with Crippen molar-refractivity contribution in [3.63, 3.8) is 0 Å². The van der Waals surface area contributed by atoms with Gasteiger partial charge in [0.2, 0.25) is 0 Å². The van der Waals surface area contributed by atoms with Gasteiger partial charge in [-0.1, -0.05) is 17.7 Å². The normalized spacial score (nSPS) is 10.2. The van der Waals surface area contributed by atoms with Gasteiger partial charge in [0, 0.05) is 24.0 Å². The number of nitrogens with one attached hydrogen (secondary N) is 1. The largest absolute Gasteiger partial charge is 0.495 e. The molecule has 0 aliphatic carbocycles. The summed E-state index contributed by atoms with van der Waals surface area (Å²) in [5, 5.41) is 3.73. The number of hydrogen-bond acceptors (Lipinski definition) is 4. The molecule has 1 aromatic carbocycles. The van der Waals surface area contributed by atoms with Gasteiger partial charge in [-0.05, 0) is 24.3 Å².